The molecule has 0 N–H and O–H groups in total. The minimum absolute atomic E-state index is 0.585. The van der Waals surface area contributed by atoms with E-state index in [1.807, 2.05) is 37.5 Å². The molecule has 3 heterocycles. The summed E-state index contributed by atoms with van der Waals surface area (Å²) in [5, 5.41) is 6.36. The lowest BCUT2D eigenvalue weighted by molar-refractivity contribution is 0.309. The molecule has 0 atom stereocenters. The number of aromatic nitrogens is 3. The topological polar surface area (TPSA) is 70.0 Å². The van der Waals surface area contributed by atoms with Crippen molar-refractivity contribution in [1.82, 2.24) is 15.0 Å². The summed E-state index contributed by atoms with van der Waals surface area (Å²) in [4.78, 5) is 19.0. The second-order valence-corrected chi connectivity index (χ2v) is 8.87. The van der Waals surface area contributed by atoms with Gasteiger partial charge in [0.05, 0.1) is 12.8 Å². The van der Waals surface area contributed by atoms with Crippen molar-refractivity contribution in [2.45, 2.75) is 58.3 Å². The highest BCUT2D eigenvalue weighted by Gasteiger charge is 2.21. The summed E-state index contributed by atoms with van der Waals surface area (Å²) in [6, 6.07) is 8.01. The normalized spacial score (nSPS) is 16.9. The average molecular weight is 452 g/mol. The maximum absolute atomic E-state index is 5.75. The Balaban J connectivity index is 1.49. The molecule has 0 bridgehead atoms. The second-order valence-electron chi connectivity index (χ2n) is 8.87. The molecule has 2 fully saturated rings. The Kier molecular flexibility index (Phi) is 8.33. The van der Waals surface area contributed by atoms with Crippen LogP contribution in [0.15, 0.2) is 29.4 Å². The first-order chi connectivity index (χ1) is 16.2. The van der Waals surface area contributed by atoms with Crippen molar-refractivity contribution in [2.75, 3.05) is 54.6 Å². The van der Waals surface area contributed by atoms with Gasteiger partial charge in [0, 0.05) is 33.2 Å². The van der Waals surface area contributed by atoms with Gasteiger partial charge in [-0.05, 0) is 74.8 Å². The Labute approximate surface area is 197 Å². The molecular formula is C25H37N7O. The van der Waals surface area contributed by atoms with Crippen LogP contribution in [0.4, 0.5) is 17.8 Å². The van der Waals surface area contributed by atoms with E-state index in [1.165, 1.54) is 38.5 Å². The molecule has 4 rings (SSSR count). The van der Waals surface area contributed by atoms with Gasteiger partial charge in [-0.25, -0.2) is 5.01 Å². The fraction of sp³-hybridized carbons (Fsp3) is 0.600. The molecule has 0 unspecified atom stereocenters. The minimum Gasteiger partial charge on any atom is -0.494 e. The Morgan fingerprint density at radius 1 is 0.879 bits per heavy atom. The monoisotopic (exact) mass is 451 g/mol. The third-order valence-electron chi connectivity index (χ3n) is 6.19. The van der Waals surface area contributed by atoms with Crippen molar-refractivity contribution in [2.24, 2.45) is 5.10 Å². The molecule has 1 aromatic heterocycles. The van der Waals surface area contributed by atoms with Gasteiger partial charge in [-0.2, -0.15) is 20.1 Å². The minimum atomic E-state index is 0.585. The Hall–Kier alpha value is -2.90. The van der Waals surface area contributed by atoms with E-state index in [2.05, 4.69) is 21.8 Å². The van der Waals surface area contributed by atoms with Gasteiger partial charge < -0.3 is 14.5 Å². The summed E-state index contributed by atoms with van der Waals surface area (Å²) in [5.74, 6) is 3.03. The molecular weight excluding hydrogens is 414 g/mol. The zero-order valence-electron chi connectivity index (χ0n) is 20.1. The smallest absolute Gasteiger partial charge is 0.252 e. The van der Waals surface area contributed by atoms with Crippen LogP contribution in [0.3, 0.4) is 0 Å². The second kappa shape index (κ2) is 11.8. The number of hydrogen-bond acceptors (Lipinski definition) is 8. The Bertz CT molecular complexity index is 854. The largest absolute Gasteiger partial charge is 0.494 e. The van der Waals surface area contributed by atoms with Gasteiger partial charge in [0.1, 0.15) is 5.75 Å². The van der Waals surface area contributed by atoms with Gasteiger partial charge in [0.25, 0.3) is 5.95 Å². The lowest BCUT2D eigenvalue weighted by atomic mass is 10.1. The van der Waals surface area contributed by atoms with Crippen molar-refractivity contribution >= 4 is 24.1 Å². The summed E-state index contributed by atoms with van der Waals surface area (Å²) in [6.07, 6.45) is 11.3. The number of benzene rings is 1. The fourth-order valence-corrected chi connectivity index (χ4v) is 4.15. The van der Waals surface area contributed by atoms with Crippen molar-refractivity contribution in [3.8, 4) is 5.75 Å². The third-order valence-corrected chi connectivity index (χ3v) is 6.19. The SMILES string of the molecule is CCCCOc1ccc(/C=N/N(C)c2nc(N3CCCCC3)nc(N3CCCCC3)n2)cc1. The molecule has 0 radical (unpaired) electrons. The van der Waals surface area contributed by atoms with Gasteiger partial charge in [0.2, 0.25) is 11.9 Å². The Morgan fingerprint density at radius 2 is 1.45 bits per heavy atom. The Morgan fingerprint density at radius 3 is 2.00 bits per heavy atom. The molecule has 0 saturated carbocycles. The van der Waals surface area contributed by atoms with Gasteiger partial charge in [-0.15, -0.1) is 0 Å². The number of rotatable bonds is 9. The van der Waals surface area contributed by atoms with E-state index in [0.29, 0.717) is 5.95 Å². The molecule has 0 spiro atoms. The summed E-state index contributed by atoms with van der Waals surface area (Å²) in [7, 11) is 1.90. The molecule has 2 saturated heterocycles. The first-order valence-electron chi connectivity index (χ1n) is 12.5. The third kappa shape index (κ3) is 6.55. The highest BCUT2D eigenvalue weighted by Crippen LogP contribution is 2.23. The maximum atomic E-state index is 5.75. The average Bonchev–Trinajstić information content (AvgIpc) is 2.89. The van der Waals surface area contributed by atoms with E-state index in [9.17, 15) is 0 Å². The molecule has 8 nitrogen and oxygen atoms in total. The van der Waals surface area contributed by atoms with Crippen LogP contribution < -0.4 is 19.5 Å². The molecule has 33 heavy (non-hydrogen) atoms. The summed E-state index contributed by atoms with van der Waals surface area (Å²) < 4.78 is 5.75. The van der Waals surface area contributed by atoms with Crippen molar-refractivity contribution < 1.29 is 4.74 Å². The highest BCUT2D eigenvalue weighted by molar-refractivity contribution is 5.80. The van der Waals surface area contributed by atoms with Crippen molar-refractivity contribution in [3.05, 3.63) is 29.8 Å². The maximum Gasteiger partial charge on any atom is 0.252 e. The van der Waals surface area contributed by atoms with Crippen LogP contribution in [0.5, 0.6) is 5.75 Å². The lowest BCUT2D eigenvalue weighted by Crippen LogP contribution is -2.35. The number of piperidine rings is 2. The van der Waals surface area contributed by atoms with Crippen LogP contribution in [0, 0.1) is 0 Å². The molecule has 178 valence electrons. The van der Waals surface area contributed by atoms with Crippen LogP contribution in [0.1, 0.15) is 63.9 Å². The van der Waals surface area contributed by atoms with Gasteiger partial charge in [-0.3, -0.25) is 0 Å². The fourth-order valence-electron chi connectivity index (χ4n) is 4.15. The standard InChI is InChI=1S/C25H37N7O/c1-3-4-19-33-22-13-11-21(12-14-22)20-26-30(2)23-27-24(31-15-7-5-8-16-31)29-25(28-23)32-17-9-6-10-18-32/h11-14,20H,3-10,15-19H2,1-2H3/b26-20+. The molecule has 8 heteroatoms. The first kappa shape index (κ1) is 23.3. The van der Waals surface area contributed by atoms with E-state index in [1.54, 1.807) is 5.01 Å². The van der Waals surface area contributed by atoms with E-state index < -0.39 is 0 Å². The number of nitrogens with zero attached hydrogens (tertiary/aromatic N) is 7. The molecule has 0 amide bonds. The molecule has 2 aliphatic rings. The number of hydrogen-bond donors (Lipinski definition) is 0. The predicted molar refractivity (Wildman–Crippen MR) is 135 cm³/mol. The van der Waals surface area contributed by atoms with Crippen LogP contribution in [0.25, 0.3) is 0 Å². The van der Waals surface area contributed by atoms with E-state index in [-0.39, 0.29) is 0 Å². The first-order valence-corrected chi connectivity index (χ1v) is 12.5. The molecule has 2 aromatic rings. The molecule has 0 aliphatic carbocycles. The summed E-state index contributed by atoms with van der Waals surface area (Å²) in [6.45, 7) is 6.93. The van der Waals surface area contributed by atoms with Crippen molar-refractivity contribution in [1.29, 1.82) is 0 Å². The number of hydrazone groups is 1. The summed E-state index contributed by atoms with van der Waals surface area (Å²) in [5.41, 5.74) is 1.01. The number of ether oxygens (including phenoxy) is 1. The molecule has 1 aromatic carbocycles. The molecule has 2 aliphatic heterocycles. The van der Waals surface area contributed by atoms with Crippen LogP contribution in [0.2, 0.25) is 0 Å². The van der Waals surface area contributed by atoms with E-state index >= 15 is 0 Å². The van der Waals surface area contributed by atoms with Gasteiger partial charge >= 0.3 is 0 Å². The van der Waals surface area contributed by atoms with Crippen LogP contribution in [-0.4, -0.2) is 61.0 Å². The number of unbranched alkanes of at least 4 members (excludes halogenated alkanes) is 1. The van der Waals surface area contributed by atoms with Crippen LogP contribution >= 0.6 is 0 Å². The predicted octanol–water partition coefficient (Wildman–Crippen LogP) is 4.50. The lowest BCUT2D eigenvalue weighted by Gasteiger charge is -2.30. The summed E-state index contributed by atoms with van der Waals surface area (Å²) >= 11 is 0. The highest BCUT2D eigenvalue weighted by atomic mass is 16.5. The number of anilines is 3. The van der Waals surface area contributed by atoms with Gasteiger partial charge in [0.15, 0.2) is 0 Å². The zero-order chi connectivity index (χ0) is 22.9. The van der Waals surface area contributed by atoms with Gasteiger partial charge in [-0.1, -0.05) is 13.3 Å². The van der Waals surface area contributed by atoms with Crippen LogP contribution in [-0.2, 0) is 0 Å². The quantitative estimate of drug-likeness (QED) is 0.316. The van der Waals surface area contributed by atoms with E-state index in [4.69, 9.17) is 19.7 Å². The van der Waals surface area contributed by atoms with E-state index in [0.717, 1.165) is 68.8 Å². The van der Waals surface area contributed by atoms with Crippen molar-refractivity contribution in [3.63, 3.8) is 0 Å². The zero-order valence-corrected chi connectivity index (χ0v) is 20.1.